The molecule has 0 aliphatic rings. The Morgan fingerprint density at radius 3 is 2.67 bits per heavy atom. The Kier molecular flexibility index (Phi) is 3.94. The molecule has 1 heterocycles. The molecule has 2 aromatic rings. The van der Waals surface area contributed by atoms with E-state index in [4.69, 9.17) is 9.26 Å². The summed E-state index contributed by atoms with van der Waals surface area (Å²) >= 11 is 0. The van der Waals surface area contributed by atoms with Crippen molar-refractivity contribution >= 4 is 0 Å². The summed E-state index contributed by atoms with van der Waals surface area (Å²) in [4.78, 5) is 4.22. The Morgan fingerprint density at radius 1 is 1.33 bits per heavy atom. The summed E-state index contributed by atoms with van der Waals surface area (Å²) in [6, 6.07) is 7.71. The highest BCUT2D eigenvalue weighted by atomic mass is 16.5. The van der Waals surface area contributed by atoms with E-state index >= 15 is 0 Å². The monoisotopic (exact) mass is 248 g/mol. The van der Waals surface area contributed by atoms with Gasteiger partial charge in [0.2, 0.25) is 5.89 Å². The molecule has 0 spiro atoms. The van der Waals surface area contributed by atoms with Crippen LogP contribution in [0.3, 0.4) is 0 Å². The van der Waals surface area contributed by atoms with Crippen LogP contribution in [0.25, 0.3) is 0 Å². The number of benzene rings is 1. The van der Waals surface area contributed by atoms with Gasteiger partial charge in [-0.1, -0.05) is 17.3 Å². The molecule has 1 aromatic carbocycles. The van der Waals surface area contributed by atoms with Crippen molar-refractivity contribution in [2.45, 2.75) is 25.9 Å². The average molecular weight is 248 g/mol. The molecule has 2 rings (SSSR count). The minimum absolute atomic E-state index is 0.385. The number of aliphatic hydroxyl groups is 1. The van der Waals surface area contributed by atoms with Crippen LogP contribution in [0.2, 0.25) is 0 Å². The summed E-state index contributed by atoms with van der Waals surface area (Å²) in [5, 5.41) is 13.1. The lowest BCUT2D eigenvalue weighted by atomic mass is 10.1. The van der Waals surface area contributed by atoms with E-state index in [1.165, 1.54) is 0 Å². The standard InChI is InChI=1S/C13H16N2O3/c1-9(16)7-13-14-12(15-18-13)8-10-3-5-11(17-2)6-4-10/h3-6,9,16H,7-8H2,1-2H3. The van der Waals surface area contributed by atoms with Gasteiger partial charge >= 0.3 is 0 Å². The van der Waals surface area contributed by atoms with Gasteiger partial charge in [-0.3, -0.25) is 0 Å². The molecular formula is C13H16N2O3. The highest BCUT2D eigenvalue weighted by molar-refractivity contribution is 5.28. The fraction of sp³-hybridized carbons (Fsp3) is 0.385. The summed E-state index contributed by atoms with van der Waals surface area (Å²) in [6.07, 6.45) is 0.516. The molecule has 5 nitrogen and oxygen atoms in total. The first-order valence-corrected chi connectivity index (χ1v) is 5.80. The van der Waals surface area contributed by atoms with Crippen molar-refractivity contribution in [2.24, 2.45) is 0 Å². The molecular weight excluding hydrogens is 232 g/mol. The predicted octanol–water partition coefficient (Wildman–Crippen LogP) is 1.59. The molecule has 1 aromatic heterocycles. The van der Waals surface area contributed by atoms with Crippen LogP contribution in [0.15, 0.2) is 28.8 Å². The minimum atomic E-state index is -0.473. The molecule has 5 heteroatoms. The van der Waals surface area contributed by atoms with Crippen LogP contribution in [0, 0.1) is 0 Å². The van der Waals surface area contributed by atoms with Crippen molar-refractivity contribution in [3.05, 3.63) is 41.5 Å². The normalized spacial score (nSPS) is 12.4. The van der Waals surface area contributed by atoms with Gasteiger partial charge in [-0.15, -0.1) is 0 Å². The van der Waals surface area contributed by atoms with E-state index in [9.17, 15) is 5.11 Å². The van der Waals surface area contributed by atoms with Crippen LogP contribution in [-0.2, 0) is 12.8 Å². The first-order chi connectivity index (χ1) is 8.67. The Hall–Kier alpha value is -1.88. The van der Waals surface area contributed by atoms with E-state index in [1.54, 1.807) is 14.0 Å². The number of rotatable bonds is 5. The van der Waals surface area contributed by atoms with Crippen molar-refractivity contribution in [1.29, 1.82) is 0 Å². The predicted molar refractivity (Wildman–Crippen MR) is 65.5 cm³/mol. The van der Waals surface area contributed by atoms with Crippen molar-refractivity contribution in [3.8, 4) is 5.75 Å². The summed E-state index contributed by atoms with van der Waals surface area (Å²) in [5.41, 5.74) is 1.08. The van der Waals surface area contributed by atoms with E-state index in [0.29, 0.717) is 24.6 Å². The maximum Gasteiger partial charge on any atom is 0.229 e. The highest BCUT2D eigenvalue weighted by Gasteiger charge is 2.09. The fourth-order valence-corrected chi connectivity index (χ4v) is 1.62. The van der Waals surface area contributed by atoms with E-state index < -0.39 is 6.10 Å². The molecule has 1 unspecified atom stereocenters. The largest absolute Gasteiger partial charge is 0.497 e. The molecule has 1 N–H and O–H groups in total. The van der Waals surface area contributed by atoms with Crippen molar-refractivity contribution in [3.63, 3.8) is 0 Å². The zero-order chi connectivity index (χ0) is 13.0. The smallest absolute Gasteiger partial charge is 0.229 e. The van der Waals surface area contributed by atoms with Gasteiger partial charge in [0.15, 0.2) is 5.82 Å². The maximum atomic E-state index is 9.22. The van der Waals surface area contributed by atoms with E-state index in [-0.39, 0.29) is 0 Å². The molecule has 0 fully saturated rings. The van der Waals surface area contributed by atoms with Crippen molar-refractivity contribution in [2.75, 3.05) is 7.11 Å². The lowest BCUT2D eigenvalue weighted by Gasteiger charge is -2.00. The molecule has 18 heavy (non-hydrogen) atoms. The molecule has 0 bridgehead atoms. The number of nitrogens with zero attached hydrogens (tertiary/aromatic N) is 2. The van der Waals surface area contributed by atoms with Gasteiger partial charge in [0.05, 0.1) is 19.6 Å². The van der Waals surface area contributed by atoms with Crippen LogP contribution in [-0.4, -0.2) is 28.5 Å². The van der Waals surface area contributed by atoms with E-state index in [2.05, 4.69) is 10.1 Å². The number of ether oxygens (including phenoxy) is 1. The molecule has 0 radical (unpaired) electrons. The second kappa shape index (κ2) is 5.64. The number of aromatic nitrogens is 2. The molecule has 0 saturated heterocycles. The first kappa shape index (κ1) is 12.6. The van der Waals surface area contributed by atoms with Crippen LogP contribution < -0.4 is 4.74 Å². The molecule has 1 atom stereocenters. The summed E-state index contributed by atoms with van der Waals surface area (Å²) in [6.45, 7) is 1.69. The Labute approximate surface area is 105 Å². The van der Waals surface area contributed by atoms with Crippen LogP contribution in [0.4, 0.5) is 0 Å². The summed E-state index contributed by atoms with van der Waals surface area (Å²) < 4.78 is 10.1. The van der Waals surface area contributed by atoms with E-state index in [1.807, 2.05) is 24.3 Å². The van der Waals surface area contributed by atoms with Gasteiger partial charge in [-0.25, -0.2) is 0 Å². The molecule has 96 valence electrons. The van der Waals surface area contributed by atoms with Crippen molar-refractivity contribution < 1.29 is 14.4 Å². The van der Waals surface area contributed by atoms with Gasteiger partial charge in [-0.2, -0.15) is 4.98 Å². The van der Waals surface area contributed by atoms with Gasteiger partial charge in [0.1, 0.15) is 5.75 Å². The quantitative estimate of drug-likeness (QED) is 0.870. The number of hydrogen-bond donors (Lipinski definition) is 1. The zero-order valence-corrected chi connectivity index (χ0v) is 10.5. The Balaban J connectivity index is 2.01. The lowest BCUT2D eigenvalue weighted by Crippen LogP contribution is -2.04. The topological polar surface area (TPSA) is 68.4 Å². The molecule has 0 aliphatic heterocycles. The SMILES string of the molecule is COc1ccc(Cc2noc(CC(C)O)n2)cc1. The van der Waals surface area contributed by atoms with Gasteiger partial charge in [0, 0.05) is 6.42 Å². The Morgan fingerprint density at radius 2 is 2.06 bits per heavy atom. The molecule has 0 saturated carbocycles. The van der Waals surface area contributed by atoms with E-state index in [0.717, 1.165) is 11.3 Å². The third kappa shape index (κ3) is 3.30. The van der Waals surface area contributed by atoms with Gasteiger partial charge in [-0.05, 0) is 24.6 Å². The molecule has 0 amide bonds. The number of hydrogen-bond acceptors (Lipinski definition) is 5. The van der Waals surface area contributed by atoms with Gasteiger partial charge < -0.3 is 14.4 Å². The third-order valence-electron chi connectivity index (χ3n) is 2.50. The maximum absolute atomic E-state index is 9.22. The van der Waals surface area contributed by atoms with Crippen LogP contribution in [0.5, 0.6) is 5.75 Å². The Bertz CT molecular complexity index is 491. The zero-order valence-electron chi connectivity index (χ0n) is 10.5. The van der Waals surface area contributed by atoms with Crippen LogP contribution >= 0.6 is 0 Å². The average Bonchev–Trinajstić information content (AvgIpc) is 2.76. The highest BCUT2D eigenvalue weighted by Crippen LogP contribution is 2.13. The first-order valence-electron chi connectivity index (χ1n) is 5.80. The summed E-state index contributed by atoms with van der Waals surface area (Å²) in [7, 11) is 1.64. The van der Waals surface area contributed by atoms with Crippen LogP contribution in [0.1, 0.15) is 24.2 Å². The summed E-state index contributed by atoms with van der Waals surface area (Å²) in [5.74, 6) is 1.91. The fourth-order valence-electron chi connectivity index (χ4n) is 1.62. The second-order valence-electron chi connectivity index (χ2n) is 4.18. The molecule has 0 aliphatic carbocycles. The minimum Gasteiger partial charge on any atom is -0.497 e. The number of aliphatic hydroxyl groups excluding tert-OH is 1. The number of methoxy groups -OCH3 is 1. The van der Waals surface area contributed by atoms with Crippen molar-refractivity contribution in [1.82, 2.24) is 10.1 Å². The third-order valence-corrected chi connectivity index (χ3v) is 2.50. The lowest BCUT2D eigenvalue weighted by molar-refractivity contribution is 0.181. The second-order valence-corrected chi connectivity index (χ2v) is 4.18. The van der Waals surface area contributed by atoms with Gasteiger partial charge in [0.25, 0.3) is 0 Å².